The van der Waals surface area contributed by atoms with E-state index >= 15 is 0 Å². The fourth-order valence-electron chi connectivity index (χ4n) is 3.97. The number of nitrogens with one attached hydrogen (secondary N) is 3. The molecule has 0 aliphatic carbocycles. The van der Waals surface area contributed by atoms with Crippen molar-refractivity contribution in [3.05, 3.63) is 46.7 Å². The Morgan fingerprint density at radius 2 is 2.12 bits per heavy atom. The first-order valence-electron chi connectivity index (χ1n) is 10.9. The van der Waals surface area contributed by atoms with E-state index in [1.165, 1.54) is 17.5 Å². The topological polar surface area (TPSA) is 121 Å². The van der Waals surface area contributed by atoms with E-state index in [4.69, 9.17) is 11.6 Å². The highest BCUT2D eigenvalue weighted by molar-refractivity contribution is 7.17. The van der Waals surface area contributed by atoms with Crippen LogP contribution in [0.15, 0.2) is 36.8 Å². The van der Waals surface area contributed by atoms with Gasteiger partial charge < -0.3 is 15.5 Å². The summed E-state index contributed by atoms with van der Waals surface area (Å²) >= 11 is 7.50. The predicted octanol–water partition coefficient (Wildman–Crippen LogP) is 4.29. The average molecular weight is 499 g/mol. The Bertz CT molecular complexity index is 1360. The molecule has 12 heteroatoms. The summed E-state index contributed by atoms with van der Waals surface area (Å²) in [7, 11) is 0. The number of halogens is 1. The minimum absolute atomic E-state index is 0.00599. The van der Waals surface area contributed by atoms with Gasteiger partial charge in [-0.1, -0.05) is 36.8 Å². The van der Waals surface area contributed by atoms with E-state index < -0.39 is 0 Å². The average Bonchev–Trinajstić information content (AvgIpc) is 3.61. The van der Waals surface area contributed by atoms with Crippen LogP contribution in [0.25, 0.3) is 10.9 Å². The highest BCUT2D eigenvalue weighted by Crippen LogP contribution is 2.31. The van der Waals surface area contributed by atoms with Gasteiger partial charge in [-0.3, -0.25) is 19.4 Å². The number of aromatic nitrogens is 5. The van der Waals surface area contributed by atoms with Crippen LogP contribution in [-0.2, 0) is 4.79 Å². The van der Waals surface area contributed by atoms with E-state index in [2.05, 4.69) is 30.9 Å². The number of nitrogens with zero attached hydrogens (tertiary/aromatic N) is 5. The van der Waals surface area contributed by atoms with Crippen LogP contribution in [0.3, 0.4) is 0 Å². The Labute approximate surface area is 204 Å². The van der Waals surface area contributed by atoms with Gasteiger partial charge in [0.2, 0.25) is 5.91 Å². The van der Waals surface area contributed by atoms with E-state index in [1.54, 1.807) is 18.3 Å². The number of thiazole rings is 1. The molecule has 0 spiro atoms. The molecule has 1 fully saturated rings. The Kier molecular flexibility index (Phi) is 5.96. The maximum atomic E-state index is 12.8. The van der Waals surface area contributed by atoms with Crippen molar-refractivity contribution in [2.75, 3.05) is 23.7 Å². The van der Waals surface area contributed by atoms with E-state index in [0.717, 1.165) is 23.9 Å². The van der Waals surface area contributed by atoms with Crippen LogP contribution in [0.1, 0.15) is 36.0 Å². The zero-order valence-electron chi connectivity index (χ0n) is 18.6. The second kappa shape index (κ2) is 9.07. The van der Waals surface area contributed by atoms with Crippen LogP contribution in [0, 0.1) is 5.92 Å². The van der Waals surface area contributed by atoms with Gasteiger partial charge in [0.15, 0.2) is 10.9 Å². The summed E-state index contributed by atoms with van der Waals surface area (Å²) in [6.07, 6.45) is 5.89. The van der Waals surface area contributed by atoms with Gasteiger partial charge in [0.25, 0.3) is 5.91 Å². The molecule has 3 N–H and O–H groups in total. The molecule has 4 aromatic rings. The molecule has 3 aromatic heterocycles. The molecule has 0 saturated carbocycles. The van der Waals surface area contributed by atoms with Gasteiger partial charge >= 0.3 is 0 Å². The van der Waals surface area contributed by atoms with Crippen LogP contribution in [0.5, 0.6) is 0 Å². The van der Waals surface area contributed by atoms with Crippen molar-refractivity contribution in [3.63, 3.8) is 0 Å². The lowest BCUT2D eigenvalue weighted by Gasteiger charge is -2.18. The minimum atomic E-state index is -0.312. The molecule has 1 saturated heterocycles. The Morgan fingerprint density at radius 3 is 2.94 bits per heavy atom. The number of carbonyl (C=O) groups is 2. The third-order valence-corrected chi connectivity index (χ3v) is 6.95. The molecule has 1 aliphatic heterocycles. The van der Waals surface area contributed by atoms with Gasteiger partial charge in [-0.25, -0.2) is 4.98 Å². The number of aromatic amines is 1. The number of benzene rings is 1. The lowest BCUT2D eigenvalue weighted by Crippen LogP contribution is -2.32. The molecular formula is C22H23ClN8O2S. The first-order valence-corrected chi connectivity index (χ1v) is 12.1. The summed E-state index contributed by atoms with van der Waals surface area (Å²) in [4.78, 5) is 31.7. The zero-order chi connectivity index (χ0) is 23.8. The summed E-state index contributed by atoms with van der Waals surface area (Å²) in [5, 5.41) is 19.2. The number of rotatable bonds is 6. The first kappa shape index (κ1) is 22.4. The molecule has 0 unspecified atom stereocenters. The van der Waals surface area contributed by atoms with Gasteiger partial charge in [0.1, 0.15) is 4.88 Å². The molecule has 1 atom stereocenters. The minimum Gasteiger partial charge on any atom is -0.340 e. The number of carbonyl (C=O) groups excluding carboxylic acids is 2. The van der Waals surface area contributed by atoms with Crippen molar-refractivity contribution >= 4 is 62.3 Å². The van der Waals surface area contributed by atoms with Gasteiger partial charge in [0.05, 0.1) is 34.7 Å². The summed E-state index contributed by atoms with van der Waals surface area (Å²) in [6.45, 7) is 5.23. The second-order valence-corrected chi connectivity index (χ2v) is 9.86. The van der Waals surface area contributed by atoms with Crippen LogP contribution < -0.4 is 10.6 Å². The van der Waals surface area contributed by atoms with E-state index in [-0.39, 0.29) is 23.8 Å². The van der Waals surface area contributed by atoms with Crippen molar-refractivity contribution in [2.24, 2.45) is 5.92 Å². The van der Waals surface area contributed by atoms with Crippen LogP contribution in [0.4, 0.5) is 16.6 Å². The Hall–Kier alpha value is -3.44. The molecule has 1 aliphatic rings. The molecular weight excluding hydrogens is 476 g/mol. The van der Waals surface area contributed by atoms with Crippen molar-refractivity contribution in [1.82, 2.24) is 29.9 Å². The largest absolute Gasteiger partial charge is 0.340 e. The molecule has 4 heterocycles. The molecule has 0 bridgehead atoms. The maximum absolute atomic E-state index is 12.8. The number of amides is 2. The SMILES string of the molecule is CC(C)C(=O)N1CC[C@@H](n2ccc(Nc3ncc(C(=O)Nc4c(Cl)ccc5[nH]ncc45)s3)n2)C1. The zero-order valence-corrected chi connectivity index (χ0v) is 20.2. The van der Waals surface area contributed by atoms with E-state index in [9.17, 15) is 9.59 Å². The number of fused-ring (bicyclic) bond motifs is 1. The van der Waals surface area contributed by atoms with Crippen LogP contribution in [0.2, 0.25) is 5.02 Å². The standard InChI is InChI=1S/C22H23ClN8O2S/c1-12(2)21(33)30-7-5-13(11-30)31-8-6-18(29-31)26-22-24-10-17(34-22)20(32)27-19-14-9-25-28-16(14)4-3-15(19)23/h3-4,6,8-10,12-13H,5,7,11H2,1-2H3,(H,25,28)(H,27,32)(H,24,26,29)/t13-/m1/s1. The van der Waals surface area contributed by atoms with Gasteiger partial charge in [-0.15, -0.1) is 0 Å². The predicted molar refractivity (Wildman–Crippen MR) is 132 cm³/mol. The van der Waals surface area contributed by atoms with Crippen LogP contribution >= 0.6 is 22.9 Å². The van der Waals surface area contributed by atoms with Gasteiger partial charge in [-0.05, 0) is 18.6 Å². The number of H-pyrrole nitrogens is 1. The normalized spacial score (nSPS) is 15.9. The molecule has 10 nitrogen and oxygen atoms in total. The Balaban J connectivity index is 1.23. The lowest BCUT2D eigenvalue weighted by molar-refractivity contribution is -0.133. The summed E-state index contributed by atoms with van der Waals surface area (Å²) in [5.74, 6) is 0.481. The third kappa shape index (κ3) is 4.36. The number of hydrogen-bond donors (Lipinski definition) is 3. The third-order valence-electron chi connectivity index (χ3n) is 5.73. The molecule has 2 amide bonds. The molecule has 0 radical (unpaired) electrons. The maximum Gasteiger partial charge on any atom is 0.267 e. The monoisotopic (exact) mass is 498 g/mol. The lowest BCUT2D eigenvalue weighted by atomic mass is 10.2. The summed E-state index contributed by atoms with van der Waals surface area (Å²) in [6, 6.07) is 5.51. The fraction of sp³-hybridized carbons (Fsp3) is 0.318. The first-order chi connectivity index (χ1) is 16.4. The number of hydrogen-bond acceptors (Lipinski definition) is 7. The molecule has 1 aromatic carbocycles. The smallest absolute Gasteiger partial charge is 0.267 e. The summed E-state index contributed by atoms with van der Waals surface area (Å²) < 4.78 is 1.88. The Morgan fingerprint density at radius 1 is 1.26 bits per heavy atom. The molecule has 176 valence electrons. The van der Waals surface area contributed by atoms with Crippen molar-refractivity contribution in [3.8, 4) is 0 Å². The quantitative estimate of drug-likeness (QED) is 0.364. The number of anilines is 3. The van der Waals surface area contributed by atoms with Gasteiger partial charge in [-0.2, -0.15) is 10.2 Å². The second-order valence-electron chi connectivity index (χ2n) is 8.42. The van der Waals surface area contributed by atoms with Crippen molar-refractivity contribution in [1.29, 1.82) is 0 Å². The summed E-state index contributed by atoms with van der Waals surface area (Å²) in [5.41, 5.74) is 1.28. The number of likely N-dealkylation sites (tertiary alicyclic amines) is 1. The van der Waals surface area contributed by atoms with Crippen molar-refractivity contribution in [2.45, 2.75) is 26.3 Å². The van der Waals surface area contributed by atoms with Crippen LogP contribution in [-0.4, -0.2) is 54.8 Å². The van der Waals surface area contributed by atoms with E-state index in [1.807, 2.05) is 35.7 Å². The van der Waals surface area contributed by atoms with E-state index in [0.29, 0.717) is 33.1 Å². The van der Waals surface area contributed by atoms with Gasteiger partial charge in [0, 0.05) is 36.7 Å². The molecule has 34 heavy (non-hydrogen) atoms. The highest BCUT2D eigenvalue weighted by atomic mass is 35.5. The molecule has 5 rings (SSSR count). The van der Waals surface area contributed by atoms with Crippen molar-refractivity contribution < 1.29 is 9.59 Å². The highest BCUT2D eigenvalue weighted by Gasteiger charge is 2.29. The fourth-order valence-corrected chi connectivity index (χ4v) is 4.90.